The molecular weight excluding hydrogens is 532 g/mol. The van der Waals surface area contributed by atoms with Crippen molar-refractivity contribution in [2.75, 3.05) is 53.7 Å². The molecule has 1 saturated carbocycles. The predicted octanol–water partition coefficient (Wildman–Crippen LogP) is 0.0933. The number of aryl methyl sites for hydroxylation is 1. The van der Waals surface area contributed by atoms with E-state index in [1.807, 2.05) is 4.90 Å². The van der Waals surface area contributed by atoms with Gasteiger partial charge in [-0.15, -0.1) is 0 Å². The van der Waals surface area contributed by atoms with Crippen LogP contribution in [-0.4, -0.2) is 114 Å². The molecule has 0 heterocycles. The van der Waals surface area contributed by atoms with Crippen LogP contribution in [0.1, 0.15) is 29.5 Å². The van der Waals surface area contributed by atoms with Gasteiger partial charge in [0.1, 0.15) is 28.6 Å². The van der Waals surface area contributed by atoms with E-state index in [1.54, 1.807) is 53.3 Å². The fraction of sp³-hybridized carbons (Fsp3) is 0.517. The first-order valence-electron chi connectivity index (χ1n) is 13.4. The van der Waals surface area contributed by atoms with Gasteiger partial charge in [-0.1, -0.05) is 0 Å². The number of primary amides is 1. The van der Waals surface area contributed by atoms with Gasteiger partial charge in [-0.05, 0) is 70.6 Å². The molecule has 1 aromatic carbocycles. The third-order valence-corrected chi connectivity index (χ3v) is 8.42. The van der Waals surface area contributed by atoms with Crippen LogP contribution in [0, 0.1) is 11.8 Å². The molecule has 0 bridgehead atoms. The molecule has 12 heteroatoms. The van der Waals surface area contributed by atoms with Crippen molar-refractivity contribution in [3.05, 3.63) is 39.7 Å². The molecule has 0 spiro atoms. The number of hydrogen-bond acceptors (Lipinski definition) is 11. The number of benzene rings is 1. The van der Waals surface area contributed by atoms with E-state index < -0.39 is 58.0 Å². The fourth-order valence-corrected chi connectivity index (χ4v) is 6.64. The summed E-state index contributed by atoms with van der Waals surface area (Å²) in [6.45, 7) is 0.234. The zero-order chi connectivity index (χ0) is 30.7. The minimum absolute atomic E-state index is 0.0141. The van der Waals surface area contributed by atoms with Gasteiger partial charge >= 0.3 is 0 Å². The molecule has 1 fully saturated rings. The molecule has 222 valence electrons. The lowest BCUT2D eigenvalue weighted by Gasteiger charge is -2.50. The zero-order valence-corrected chi connectivity index (χ0v) is 24.2. The first-order chi connectivity index (χ1) is 19.0. The third-order valence-electron chi connectivity index (χ3n) is 8.42. The number of aromatic hydroxyl groups is 1. The highest BCUT2D eigenvalue weighted by Crippen LogP contribution is 2.54. The van der Waals surface area contributed by atoms with E-state index in [1.165, 1.54) is 4.90 Å². The van der Waals surface area contributed by atoms with Crippen LogP contribution in [0.4, 0.5) is 5.69 Å². The van der Waals surface area contributed by atoms with Crippen molar-refractivity contribution in [3.63, 3.8) is 0 Å². The molecule has 0 aliphatic heterocycles. The number of ketones is 3. The maximum atomic E-state index is 14.0. The quantitative estimate of drug-likeness (QED) is 0.267. The van der Waals surface area contributed by atoms with Gasteiger partial charge < -0.3 is 36.0 Å². The van der Waals surface area contributed by atoms with Crippen molar-refractivity contribution in [2.45, 2.75) is 37.3 Å². The number of aliphatic hydroxyl groups excluding tert-OH is 2. The average Bonchev–Trinajstić information content (AvgIpc) is 2.84. The largest absolute Gasteiger partial charge is 0.508 e. The number of carbonyl (C=O) groups is 4. The number of phenols is 1. The van der Waals surface area contributed by atoms with Gasteiger partial charge in [-0.25, -0.2) is 0 Å². The standard InChI is InChI=1S/C29H38N4O8/c1-31(2)12-15(34)8-7-13-11-18(32(3)4)16-9-14-10-17-22(33(5)6)25(37)21(28(30)40)27(39)29(17,41)26(38)19(14)24(36)20(16)23(13)35/h11,14,17,22,35-36,39,41H,7-10,12H2,1-6H3,(H2,30,40)/t14-,17-,22-,29-/m1/s1. The molecule has 0 unspecified atom stereocenters. The van der Waals surface area contributed by atoms with Crippen LogP contribution in [0.15, 0.2) is 23.0 Å². The summed E-state index contributed by atoms with van der Waals surface area (Å²) >= 11 is 0. The van der Waals surface area contributed by atoms with E-state index in [9.17, 15) is 39.6 Å². The van der Waals surface area contributed by atoms with E-state index in [4.69, 9.17) is 5.73 Å². The molecule has 41 heavy (non-hydrogen) atoms. The van der Waals surface area contributed by atoms with Crippen molar-refractivity contribution < 1.29 is 39.6 Å². The van der Waals surface area contributed by atoms with Crippen LogP contribution in [0.3, 0.4) is 0 Å². The second-order valence-electron chi connectivity index (χ2n) is 11.9. The van der Waals surface area contributed by atoms with Gasteiger partial charge in [0.25, 0.3) is 5.91 Å². The van der Waals surface area contributed by atoms with Crippen molar-refractivity contribution >= 4 is 34.7 Å². The number of rotatable bonds is 8. The molecule has 0 saturated heterocycles. The summed E-state index contributed by atoms with van der Waals surface area (Å²) in [5.74, 6) is -6.93. The highest BCUT2D eigenvalue weighted by atomic mass is 16.3. The zero-order valence-electron chi connectivity index (χ0n) is 24.2. The molecule has 1 amide bonds. The summed E-state index contributed by atoms with van der Waals surface area (Å²) in [6.07, 6.45) is 0.540. The number of carbonyl (C=O) groups excluding carboxylic acids is 4. The number of hydrogen-bond donors (Lipinski definition) is 5. The number of Topliss-reactive ketones (excluding diaryl/α,β-unsaturated/α-hetero) is 3. The number of nitrogens with zero attached hydrogens (tertiary/aromatic N) is 3. The SMILES string of the molecule is CN(C)CC(=O)CCc1cc(N(C)C)c2c(c1O)C(O)=C1C(=O)[C@@]3(O)C(O)=C(C(N)=O)C(=O)[C@H](N(C)C)[C@H]3C[C@H]1C2. The minimum Gasteiger partial charge on any atom is -0.508 e. The fourth-order valence-electron chi connectivity index (χ4n) is 6.64. The second kappa shape index (κ2) is 10.6. The van der Waals surface area contributed by atoms with E-state index in [0.29, 0.717) is 16.8 Å². The maximum Gasteiger partial charge on any atom is 0.255 e. The number of anilines is 1. The van der Waals surface area contributed by atoms with E-state index in [-0.39, 0.29) is 54.9 Å². The van der Waals surface area contributed by atoms with Crippen LogP contribution in [0.5, 0.6) is 5.75 Å². The molecule has 3 aliphatic rings. The molecule has 1 aromatic rings. The molecule has 6 N–H and O–H groups in total. The number of aliphatic hydroxyl groups is 3. The monoisotopic (exact) mass is 570 g/mol. The Kier molecular flexibility index (Phi) is 7.80. The smallest absolute Gasteiger partial charge is 0.255 e. The van der Waals surface area contributed by atoms with Crippen molar-refractivity contribution in [1.82, 2.24) is 9.80 Å². The summed E-state index contributed by atoms with van der Waals surface area (Å²) in [4.78, 5) is 56.8. The van der Waals surface area contributed by atoms with Gasteiger partial charge in [-0.3, -0.25) is 24.1 Å². The van der Waals surface area contributed by atoms with Gasteiger partial charge in [-0.2, -0.15) is 0 Å². The van der Waals surface area contributed by atoms with E-state index >= 15 is 0 Å². The Morgan fingerprint density at radius 3 is 2.24 bits per heavy atom. The van der Waals surface area contributed by atoms with Crippen LogP contribution in [0.2, 0.25) is 0 Å². The van der Waals surface area contributed by atoms with Crippen molar-refractivity contribution in [1.29, 1.82) is 0 Å². The Labute approximate surface area is 238 Å². The number of likely N-dealkylation sites (N-methyl/N-ethyl adjacent to an activating group) is 2. The summed E-state index contributed by atoms with van der Waals surface area (Å²) in [6, 6.07) is 0.618. The summed E-state index contributed by atoms with van der Waals surface area (Å²) in [7, 11) is 10.3. The lowest BCUT2D eigenvalue weighted by atomic mass is 9.57. The summed E-state index contributed by atoms with van der Waals surface area (Å²) in [5, 5.41) is 45.6. The maximum absolute atomic E-state index is 14.0. The molecule has 4 rings (SSSR count). The highest BCUT2D eigenvalue weighted by molar-refractivity contribution is 6.24. The number of amides is 1. The lowest BCUT2D eigenvalue weighted by molar-refractivity contribution is -0.153. The molecule has 0 radical (unpaired) electrons. The Bertz CT molecular complexity index is 1410. The summed E-state index contributed by atoms with van der Waals surface area (Å²) < 4.78 is 0. The molecular formula is C29H38N4O8. The summed E-state index contributed by atoms with van der Waals surface area (Å²) in [5.41, 5.74) is 3.28. The van der Waals surface area contributed by atoms with Crippen LogP contribution in [-0.2, 0) is 32.0 Å². The number of nitrogens with two attached hydrogens (primary N) is 1. The Hall–Kier alpha value is -3.74. The number of phenolic OH excluding ortho intramolecular Hbond substituents is 1. The van der Waals surface area contributed by atoms with E-state index in [2.05, 4.69) is 0 Å². The Balaban J connectivity index is 1.90. The van der Waals surface area contributed by atoms with E-state index in [0.717, 1.165) is 0 Å². The first-order valence-corrected chi connectivity index (χ1v) is 13.4. The lowest BCUT2D eigenvalue weighted by Crippen LogP contribution is -2.65. The molecule has 3 aliphatic carbocycles. The van der Waals surface area contributed by atoms with Crippen molar-refractivity contribution in [3.8, 4) is 5.75 Å². The predicted molar refractivity (Wildman–Crippen MR) is 150 cm³/mol. The average molecular weight is 571 g/mol. The second-order valence-corrected chi connectivity index (χ2v) is 11.9. The van der Waals surface area contributed by atoms with Gasteiger partial charge in [0.15, 0.2) is 11.4 Å². The van der Waals surface area contributed by atoms with Gasteiger partial charge in [0, 0.05) is 37.7 Å². The Morgan fingerprint density at radius 1 is 1.07 bits per heavy atom. The number of fused-ring (bicyclic) bond motifs is 3. The molecule has 12 nitrogen and oxygen atoms in total. The van der Waals surface area contributed by atoms with Crippen LogP contribution in [0.25, 0.3) is 5.76 Å². The van der Waals surface area contributed by atoms with Crippen LogP contribution < -0.4 is 10.6 Å². The topological polar surface area (TPSA) is 185 Å². The third kappa shape index (κ3) is 4.69. The molecule has 4 atom stereocenters. The highest BCUT2D eigenvalue weighted by Gasteiger charge is 2.64. The van der Waals surface area contributed by atoms with Gasteiger partial charge in [0.05, 0.1) is 18.2 Å². The van der Waals surface area contributed by atoms with Crippen molar-refractivity contribution in [2.24, 2.45) is 17.6 Å². The van der Waals surface area contributed by atoms with Crippen LogP contribution >= 0.6 is 0 Å². The Morgan fingerprint density at radius 2 is 1.71 bits per heavy atom. The van der Waals surface area contributed by atoms with Gasteiger partial charge in [0.2, 0.25) is 5.78 Å². The molecule has 0 aromatic heterocycles. The minimum atomic E-state index is -2.69. The normalized spacial score (nSPS) is 25.8. The first kappa shape index (κ1) is 30.2.